The van der Waals surface area contributed by atoms with Crippen molar-refractivity contribution >= 4 is 5.65 Å². The Hall–Kier alpha value is -1.38. The van der Waals surface area contributed by atoms with Crippen molar-refractivity contribution in [3.05, 3.63) is 30.2 Å². The van der Waals surface area contributed by atoms with Crippen molar-refractivity contribution < 1.29 is 0 Å². The molecule has 0 radical (unpaired) electrons. The molecule has 2 heterocycles. The maximum atomic E-state index is 4.24. The van der Waals surface area contributed by atoms with E-state index in [4.69, 9.17) is 0 Å². The average molecular weight is 189 g/mol. The fourth-order valence-electron chi connectivity index (χ4n) is 1.54. The highest BCUT2D eigenvalue weighted by molar-refractivity contribution is 5.39. The van der Waals surface area contributed by atoms with E-state index >= 15 is 0 Å². The van der Waals surface area contributed by atoms with Crippen molar-refractivity contribution in [3.63, 3.8) is 0 Å². The van der Waals surface area contributed by atoms with E-state index in [9.17, 15) is 0 Å². The van der Waals surface area contributed by atoms with Crippen LogP contribution < -0.4 is 0 Å². The number of hydrogen-bond acceptors (Lipinski definition) is 2. The molecular formula is C11H15N3. The lowest BCUT2D eigenvalue weighted by Crippen LogP contribution is -2.20. The van der Waals surface area contributed by atoms with Crippen LogP contribution >= 0.6 is 0 Å². The molecule has 74 valence electrons. The van der Waals surface area contributed by atoms with Crippen LogP contribution in [0, 0.1) is 0 Å². The fourth-order valence-corrected chi connectivity index (χ4v) is 1.54. The lowest BCUT2D eigenvalue weighted by molar-refractivity contribution is 0.477. The summed E-state index contributed by atoms with van der Waals surface area (Å²) in [5.74, 6) is 0. The smallest absolute Gasteiger partial charge is 0.155 e. The second kappa shape index (κ2) is 3.08. The largest absolute Gasteiger partial charge is 0.217 e. The van der Waals surface area contributed by atoms with Crippen LogP contribution in [0.5, 0.6) is 0 Å². The minimum atomic E-state index is 0.146. The van der Waals surface area contributed by atoms with E-state index < -0.39 is 0 Å². The van der Waals surface area contributed by atoms with Crippen molar-refractivity contribution in [2.45, 2.75) is 32.6 Å². The third-order valence-electron chi connectivity index (χ3n) is 2.88. The number of rotatable bonds is 2. The average Bonchev–Trinajstić information content (AvgIpc) is 2.64. The number of aromatic nitrogens is 3. The monoisotopic (exact) mass is 189 g/mol. The second-order valence-corrected chi connectivity index (χ2v) is 4.18. The summed E-state index contributed by atoms with van der Waals surface area (Å²) in [5, 5.41) is 4.24. The highest BCUT2D eigenvalue weighted by Crippen LogP contribution is 2.26. The van der Waals surface area contributed by atoms with E-state index in [0.29, 0.717) is 0 Å². The van der Waals surface area contributed by atoms with Gasteiger partial charge in [0, 0.05) is 5.41 Å². The van der Waals surface area contributed by atoms with E-state index in [-0.39, 0.29) is 5.41 Å². The Kier molecular flexibility index (Phi) is 2.02. The molecule has 0 bridgehead atoms. The van der Waals surface area contributed by atoms with Gasteiger partial charge in [-0.25, -0.2) is 9.50 Å². The van der Waals surface area contributed by atoms with Gasteiger partial charge >= 0.3 is 0 Å². The zero-order valence-electron chi connectivity index (χ0n) is 8.86. The molecule has 3 nitrogen and oxygen atoms in total. The van der Waals surface area contributed by atoms with E-state index in [1.165, 1.54) is 5.69 Å². The van der Waals surface area contributed by atoms with E-state index in [1.54, 1.807) is 6.33 Å². The molecule has 0 aliphatic rings. The van der Waals surface area contributed by atoms with Gasteiger partial charge in [0.05, 0.1) is 5.69 Å². The Bertz CT molecular complexity index is 442. The van der Waals surface area contributed by atoms with Crippen LogP contribution in [0.15, 0.2) is 24.5 Å². The van der Waals surface area contributed by atoms with Crippen molar-refractivity contribution in [1.82, 2.24) is 14.6 Å². The van der Waals surface area contributed by atoms with E-state index in [0.717, 1.165) is 12.1 Å². The van der Waals surface area contributed by atoms with Crippen molar-refractivity contribution in [2.24, 2.45) is 0 Å². The van der Waals surface area contributed by atoms with Crippen LogP contribution in [-0.4, -0.2) is 14.6 Å². The van der Waals surface area contributed by atoms with Crippen LogP contribution in [0.1, 0.15) is 32.9 Å². The highest BCUT2D eigenvalue weighted by Gasteiger charge is 2.21. The molecule has 0 saturated heterocycles. The zero-order chi connectivity index (χ0) is 10.2. The fraction of sp³-hybridized carbons (Fsp3) is 0.455. The third-order valence-corrected chi connectivity index (χ3v) is 2.88. The van der Waals surface area contributed by atoms with Gasteiger partial charge in [0.1, 0.15) is 6.33 Å². The molecule has 3 heteroatoms. The minimum Gasteiger partial charge on any atom is -0.217 e. The Labute approximate surface area is 83.8 Å². The first-order valence-corrected chi connectivity index (χ1v) is 4.94. The van der Waals surface area contributed by atoms with Gasteiger partial charge in [-0.1, -0.05) is 26.8 Å². The van der Waals surface area contributed by atoms with Crippen LogP contribution in [0.3, 0.4) is 0 Å². The first kappa shape index (κ1) is 9.19. The molecule has 0 amide bonds. The lowest BCUT2D eigenvalue weighted by Gasteiger charge is -2.23. The first-order chi connectivity index (χ1) is 6.65. The van der Waals surface area contributed by atoms with Crippen molar-refractivity contribution in [2.75, 3.05) is 0 Å². The minimum absolute atomic E-state index is 0.146. The molecule has 0 atom stereocenters. The summed E-state index contributed by atoms with van der Waals surface area (Å²) < 4.78 is 1.92. The van der Waals surface area contributed by atoms with Gasteiger partial charge in [-0.3, -0.25) is 0 Å². The molecule has 0 aliphatic heterocycles. The van der Waals surface area contributed by atoms with Gasteiger partial charge in [-0.05, 0) is 18.6 Å². The highest BCUT2D eigenvalue weighted by atomic mass is 15.3. The van der Waals surface area contributed by atoms with Gasteiger partial charge < -0.3 is 0 Å². The van der Waals surface area contributed by atoms with Crippen LogP contribution in [0.25, 0.3) is 5.65 Å². The molecular weight excluding hydrogens is 174 g/mol. The van der Waals surface area contributed by atoms with E-state index in [1.807, 2.05) is 16.6 Å². The van der Waals surface area contributed by atoms with Gasteiger partial charge in [0.25, 0.3) is 0 Å². The maximum absolute atomic E-state index is 4.24. The predicted octanol–water partition coefficient (Wildman–Crippen LogP) is 2.42. The molecule has 0 aromatic carbocycles. The van der Waals surface area contributed by atoms with E-state index in [2.05, 4.69) is 36.9 Å². The number of pyridine rings is 1. The predicted molar refractivity (Wildman–Crippen MR) is 56.3 cm³/mol. The summed E-state index contributed by atoms with van der Waals surface area (Å²) in [7, 11) is 0. The van der Waals surface area contributed by atoms with Crippen LogP contribution in [0.2, 0.25) is 0 Å². The van der Waals surface area contributed by atoms with Crippen molar-refractivity contribution in [1.29, 1.82) is 0 Å². The van der Waals surface area contributed by atoms with Gasteiger partial charge in [-0.2, -0.15) is 5.10 Å². The SMILES string of the molecule is CCC(C)(C)c1cccc2ncnn12. The summed E-state index contributed by atoms with van der Waals surface area (Å²) in [6.07, 6.45) is 2.69. The molecule has 2 aromatic heterocycles. The summed E-state index contributed by atoms with van der Waals surface area (Å²) in [6, 6.07) is 6.13. The molecule has 0 spiro atoms. The maximum Gasteiger partial charge on any atom is 0.155 e. The normalized spacial score (nSPS) is 12.2. The molecule has 0 fully saturated rings. The van der Waals surface area contributed by atoms with Gasteiger partial charge in [-0.15, -0.1) is 0 Å². The number of nitrogens with zero attached hydrogens (tertiary/aromatic N) is 3. The summed E-state index contributed by atoms with van der Waals surface area (Å²) in [5.41, 5.74) is 2.28. The molecule has 14 heavy (non-hydrogen) atoms. The Balaban J connectivity index is 2.67. The molecule has 2 rings (SSSR count). The van der Waals surface area contributed by atoms with Crippen LogP contribution in [-0.2, 0) is 5.41 Å². The Morgan fingerprint density at radius 3 is 2.86 bits per heavy atom. The molecule has 2 aromatic rings. The van der Waals surface area contributed by atoms with Crippen LogP contribution in [0.4, 0.5) is 0 Å². The number of hydrogen-bond donors (Lipinski definition) is 0. The zero-order valence-corrected chi connectivity index (χ0v) is 8.86. The quantitative estimate of drug-likeness (QED) is 0.726. The number of fused-ring (bicyclic) bond motifs is 1. The standard InChI is InChI=1S/C11H15N3/c1-4-11(2,3)9-6-5-7-10-12-8-13-14(9)10/h5-8H,4H2,1-3H3. The Morgan fingerprint density at radius 2 is 2.14 bits per heavy atom. The summed E-state index contributed by atoms with van der Waals surface area (Å²) in [4.78, 5) is 4.18. The Morgan fingerprint density at radius 1 is 1.36 bits per heavy atom. The summed E-state index contributed by atoms with van der Waals surface area (Å²) >= 11 is 0. The van der Waals surface area contributed by atoms with Gasteiger partial charge in [0.2, 0.25) is 0 Å². The molecule has 0 unspecified atom stereocenters. The summed E-state index contributed by atoms with van der Waals surface area (Å²) in [6.45, 7) is 6.64. The third kappa shape index (κ3) is 1.29. The second-order valence-electron chi connectivity index (χ2n) is 4.18. The topological polar surface area (TPSA) is 30.2 Å². The van der Waals surface area contributed by atoms with Crippen molar-refractivity contribution in [3.8, 4) is 0 Å². The molecule has 0 aliphatic carbocycles. The lowest BCUT2D eigenvalue weighted by atomic mass is 9.86. The first-order valence-electron chi connectivity index (χ1n) is 4.94. The molecule has 0 saturated carbocycles. The van der Waals surface area contributed by atoms with Gasteiger partial charge in [0.15, 0.2) is 5.65 Å². The molecule has 0 N–H and O–H groups in total.